The van der Waals surface area contributed by atoms with Crippen LogP contribution in [0.1, 0.15) is 60.0 Å². The minimum atomic E-state index is -4.71. The molecule has 2 aliphatic heterocycles. The molecule has 2 aromatic carbocycles. The number of benzene rings is 2. The second-order valence-corrected chi connectivity index (χ2v) is 15.0. The van der Waals surface area contributed by atoms with Gasteiger partial charge in [-0.3, -0.25) is 14.5 Å². The quantitative estimate of drug-likeness (QED) is 0.114. The normalized spacial score (nSPS) is 19.1. The van der Waals surface area contributed by atoms with Gasteiger partial charge in [0.15, 0.2) is 0 Å². The number of anilines is 1. The van der Waals surface area contributed by atoms with Gasteiger partial charge in [0.25, 0.3) is 0 Å². The third-order valence-corrected chi connectivity index (χ3v) is 11.1. The van der Waals surface area contributed by atoms with Crippen LogP contribution < -0.4 is 25.4 Å². The van der Waals surface area contributed by atoms with Gasteiger partial charge in [-0.15, -0.1) is 0 Å². The fourth-order valence-electron chi connectivity index (χ4n) is 7.88. The van der Waals surface area contributed by atoms with Crippen LogP contribution in [0.2, 0.25) is 5.02 Å². The molecule has 2 aromatic heterocycles. The third kappa shape index (κ3) is 7.80. The minimum Gasteiger partial charge on any atom is -0.481 e. The summed E-state index contributed by atoms with van der Waals surface area (Å²) in [7, 11) is 2.92. The van der Waals surface area contributed by atoms with Crippen molar-refractivity contribution in [3.63, 3.8) is 0 Å². The van der Waals surface area contributed by atoms with Crippen molar-refractivity contribution >= 4 is 29.3 Å². The Morgan fingerprint density at radius 1 is 1.00 bits per heavy atom. The fraction of sp³-hybridized carbons (Fsp3) is 0.400. The van der Waals surface area contributed by atoms with Gasteiger partial charge in [0.2, 0.25) is 17.7 Å². The van der Waals surface area contributed by atoms with Crippen LogP contribution in [-0.4, -0.2) is 71.7 Å². The molecule has 290 valence electrons. The third-order valence-electron chi connectivity index (χ3n) is 10.7. The molecule has 1 aliphatic carbocycles. The van der Waals surface area contributed by atoms with Crippen molar-refractivity contribution in [2.75, 3.05) is 39.2 Å². The molecule has 0 spiro atoms. The first kappa shape index (κ1) is 38.4. The summed E-state index contributed by atoms with van der Waals surface area (Å²) < 4.78 is 54.7. The first-order valence-corrected chi connectivity index (χ1v) is 18.5. The Hall–Kier alpha value is -4.92. The number of nitrogens with zero attached hydrogens (tertiary/aromatic N) is 3. The number of fused-ring (bicyclic) bond motifs is 1. The smallest absolute Gasteiger partial charge is 0.419 e. The number of carbonyl (C=O) groups is 2. The number of carbonyl (C=O) groups excluding carboxylic acids is 1. The topological polar surface area (TPSA) is 138 Å². The molecule has 2 saturated heterocycles. The van der Waals surface area contributed by atoms with Gasteiger partial charge in [-0.1, -0.05) is 54.1 Å². The first-order chi connectivity index (χ1) is 26.3. The molecule has 0 radical (unpaired) electrons. The van der Waals surface area contributed by atoms with Crippen molar-refractivity contribution in [2.24, 2.45) is 5.41 Å². The molecular weight excluding hydrogens is 737 g/mol. The molecule has 0 unspecified atom stereocenters. The summed E-state index contributed by atoms with van der Waals surface area (Å²) in [6, 6.07) is 15.9. The van der Waals surface area contributed by atoms with Crippen LogP contribution in [0.15, 0.2) is 54.6 Å². The Balaban J connectivity index is 1.12. The maximum atomic E-state index is 14.5. The standard InChI is InChI=1S/C40H42ClF3N6O5/c1-39(38(52)53)20-50(21-39)19-23-16-30(40(42,43)44)35(49-37(23)55-3)47-31-14-12-26-25(6-4-7-27(26)31)28-8-5-9-29(34(28)41)32-13-10-22(36(48-32)54-2)17-45-18-24-11-15-33(51)46-24/h4-10,13,16,24,31,45H,11-12,14-15,17-21H2,1-3H3,(H,46,51)(H,47,49)(H,52,53)/t24-,31-/m0/s1. The molecule has 4 aromatic rings. The number of hydrogen-bond donors (Lipinski definition) is 4. The molecule has 2 fully saturated rings. The van der Waals surface area contributed by atoms with Crippen LogP contribution in [0.5, 0.6) is 11.8 Å². The number of ether oxygens (including phenoxy) is 2. The van der Waals surface area contributed by atoms with Gasteiger partial charge in [0.05, 0.1) is 42.0 Å². The van der Waals surface area contributed by atoms with E-state index < -0.39 is 29.2 Å². The monoisotopic (exact) mass is 778 g/mol. The predicted octanol–water partition coefficient (Wildman–Crippen LogP) is 6.87. The van der Waals surface area contributed by atoms with Crippen LogP contribution in [0.4, 0.5) is 19.0 Å². The van der Waals surface area contributed by atoms with Crippen LogP contribution in [0.25, 0.3) is 22.4 Å². The van der Waals surface area contributed by atoms with E-state index >= 15 is 0 Å². The Morgan fingerprint density at radius 3 is 2.40 bits per heavy atom. The van der Waals surface area contributed by atoms with Crippen molar-refractivity contribution in [2.45, 2.75) is 64.0 Å². The highest BCUT2D eigenvalue weighted by Crippen LogP contribution is 2.45. The van der Waals surface area contributed by atoms with Gasteiger partial charge in [0, 0.05) is 67.4 Å². The Morgan fingerprint density at radius 2 is 1.71 bits per heavy atom. The number of alkyl halides is 3. The van der Waals surface area contributed by atoms with E-state index in [1.807, 2.05) is 48.5 Å². The first-order valence-electron chi connectivity index (χ1n) is 18.1. The predicted molar refractivity (Wildman–Crippen MR) is 201 cm³/mol. The number of likely N-dealkylation sites (tertiary alicyclic amines) is 1. The number of rotatable bonds is 13. The lowest BCUT2D eigenvalue weighted by molar-refractivity contribution is -0.159. The largest absolute Gasteiger partial charge is 0.481 e. The highest BCUT2D eigenvalue weighted by atomic mass is 35.5. The number of hydrogen-bond acceptors (Lipinski definition) is 9. The van der Waals surface area contributed by atoms with Crippen molar-refractivity contribution in [3.05, 3.63) is 87.4 Å². The van der Waals surface area contributed by atoms with E-state index in [1.54, 1.807) is 18.9 Å². The number of methoxy groups -OCH3 is 2. The number of pyridine rings is 2. The summed E-state index contributed by atoms with van der Waals surface area (Å²) in [5, 5.41) is 19.3. The minimum absolute atomic E-state index is 0.0450. The van der Waals surface area contributed by atoms with Gasteiger partial charge in [0.1, 0.15) is 5.82 Å². The van der Waals surface area contributed by atoms with Crippen molar-refractivity contribution < 1.29 is 37.3 Å². The second kappa shape index (κ2) is 15.3. The molecule has 0 saturated carbocycles. The molecule has 4 heterocycles. The SMILES string of the molecule is COc1nc(-c2cccc(-c3cccc4c3CC[C@@H]4Nc3nc(OC)c(CN4CC(C)(C(=O)O)C4)cc3C(F)(F)F)c2Cl)ccc1CNC[C@@H]1CCC(=O)N1. The number of carboxylic acids is 1. The molecule has 3 aliphatic rings. The average Bonchev–Trinajstić information content (AvgIpc) is 3.76. The summed E-state index contributed by atoms with van der Waals surface area (Å²) in [6.45, 7) is 3.24. The highest BCUT2D eigenvalue weighted by Gasteiger charge is 2.46. The summed E-state index contributed by atoms with van der Waals surface area (Å²) in [6.07, 6.45) is -2.25. The van der Waals surface area contributed by atoms with Crippen LogP contribution in [0.3, 0.4) is 0 Å². The highest BCUT2D eigenvalue weighted by molar-refractivity contribution is 6.36. The zero-order chi connectivity index (χ0) is 39.1. The van der Waals surface area contributed by atoms with Gasteiger partial charge < -0.3 is 30.5 Å². The lowest BCUT2D eigenvalue weighted by atomic mass is 9.82. The summed E-state index contributed by atoms with van der Waals surface area (Å²) in [5.41, 5.74) is 4.01. The van der Waals surface area contributed by atoms with Gasteiger partial charge >= 0.3 is 12.1 Å². The van der Waals surface area contributed by atoms with Crippen molar-refractivity contribution in [1.29, 1.82) is 0 Å². The van der Waals surface area contributed by atoms with E-state index in [9.17, 15) is 27.9 Å². The van der Waals surface area contributed by atoms with E-state index in [0.29, 0.717) is 54.5 Å². The number of amides is 1. The average molecular weight is 779 g/mol. The lowest BCUT2D eigenvalue weighted by Crippen LogP contribution is -2.58. The Kier molecular flexibility index (Phi) is 10.7. The van der Waals surface area contributed by atoms with Crippen LogP contribution in [-0.2, 0) is 35.3 Å². The zero-order valence-electron chi connectivity index (χ0n) is 30.6. The number of aromatic nitrogens is 2. The molecular formula is C40H42ClF3N6O5. The zero-order valence-corrected chi connectivity index (χ0v) is 31.4. The number of aliphatic carboxylic acids is 1. The van der Waals surface area contributed by atoms with Crippen molar-refractivity contribution in [3.8, 4) is 34.1 Å². The van der Waals surface area contributed by atoms with E-state index in [2.05, 4.69) is 20.9 Å². The number of halogens is 4. The lowest BCUT2D eigenvalue weighted by Gasteiger charge is -2.45. The van der Waals surface area contributed by atoms with E-state index in [1.165, 1.54) is 7.11 Å². The maximum absolute atomic E-state index is 14.5. The second-order valence-electron chi connectivity index (χ2n) is 14.6. The summed E-state index contributed by atoms with van der Waals surface area (Å²) in [5.74, 6) is -0.711. The van der Waals surface area contributed by atoms with E-state index in [0.717, 1.165) is 40.3 Å². The number of carboxylic acid groups (broad SMARTS) is 1. The Labute approximate surface area is 321 Å². The Bertz CT molecular complexity index is 2130. The molecule has 11 nitrogen and oxygen atoms in total. The molecule has 4 N–H and O–H groups in total. The summed E-state index contributed by atoms with van der Waals surface area (Å²) in [4.78, 5) is 33.9. The number of nitrogens with one attached hydrogen (secondary N) is 3. The fourth-order valence-corrected chi connectivity index (χ4v) is 8.21. The van der Waals surface area contributed by atoms with Gasteiger partial charge in [-0.05, 0) is 55.0 Å². The summed E-state index contributed by atoms with van der Waals surface area (Å²) >= 11 is 7.13. The van der Waals surface area contributed by atoms with E-state index in [-0.39, 0.29) is 48.8 Å². The molecule has 0 bridgehead atoms. The molecule has 15 heteroatoms. The van der Waals surface area contributed by atoms with Gasteiger partial charge in [-0.25, -0.2) is 4.98 Å². The van der Waals surface area contributed by atoms with Gasteiger partial charge in [-0.2, -0.15) is 18.2 Å². The van der Waals surface area contributed by atoms with Crippen LogP contribution in [0, 0.1) is 5.41 Å². The molecule has 1 amide bonds. The van der Waals surface area contributed by atoms with E-state index in [4.69, 9.17) is 26.1 Å². The van der Waals surface area contributed by atoms with Crippen molar-refractivity contribution in [1.82, 2.24) is 25.5 Å². The molecule has 55 heavy (non-hydrogen) atoms. The van der Waals surface area contributed by atoms with Crippen LogP contribution >= 0.6 is 11.6 Å². The molecule has 7 rings (SSSR count). The molecule has 2 atom stereocenters. The maximum Gasteiger partial charge on any atom is 0.419 e.